The van der Waals surface area contributed by atoms with Crippen molar-refractivity contribution < 1.29 is 19.3 Å². The van der Waals surface area contributed by atoms with E-state index in [1.165, 1.54) is 48.8 Å². The molecular weight excluding hydrogens is 378 g/mol. The molecule has 144 valence electrons. The van der Waals surface area contributed by atoms with Crippen molar-refractivity contribution in [3.05, 3.63) is 94.3 Å². The molecule has 2 aromatic carbocycles. The van der Waals surface area contributed by atoms with Gasteiger partial charge in [0.1, 0.15) is 0 Å². The molecule has 0 saturated heterocycles. The predicted octanol–water partition coefficient (Wildman–Crippen LogP) is 4.10. The first kappa shape index (κ1) is 19.3. The summed E-state index contributed by atoms with van der Waals surface area (Å²) in [7, 11) is 0. The second-order valence-electron chi connectivity index (χ2n) is 5.58. The molecule has 0 bridgehead atoms. The number of carbonyl (C=O) groups excluding carboxylic acids is 2. The number of nitrogens with zero attached hydrogens (tertiary/aromatic N) is 4. The second-order valence-corrected chi connectivity index (χ2v) is 5.58. The van der Waals surface area contributed by atoms with Crippen LogP contribution in [0.5, 0.6) is 0 Å². The number of non-ortho nitro benzene ring substituents is 1. The molecule has 0 spiro atoms. The van der Waals surface area contributed by atoms with E-state index in [9.17, 15) is 19.7 Å². The Morgan fingerprint density at radius 1 is 0.931 bits per heavy atom. The lowest BCUT2D eigenvalue weighted by molar-refractivity contribution is -0.384. The third-order valence-corrected chi connectivity index (χ3v) is 3.63. The van der Waals surface area contributed by atoms with Crippen LogP contribution in [0.4, 0.5) is 17.1 Å². The highest BCUT2D eigenvalue weighted by Crippen LogP contribution is 2.18. The fourth-order valence-electron chi connectivity index (χ4n) is 2.13. The van der Waals surface area contributed by atoms with Gasteiger partial charge in [-0.3, -0.25) is 19.9 Å². The number of hydrogen-bond acceptors (Lipinski definition) is 8. The van der Waals surface area contributed by atoms with Crippen LogP contribution in [-0.2, 0) is 4.84 Å². The molecule has 0 radical (unpaired) electrons. The first-order valence-corrected chi connectivity index (χ1v) is 8.21. The Balaban J connectivity index is 1.55. The van der Waals surface area contributed by atoms with E-state index in [2.05, 4.69) is 20.7 Å². The minimum absolute atomic E-state index is 0.123. The van der Waals surface area contributed by atoms with E-state index in [1.54, 1.807) is 24.3 Å². The van der Waals surface area contributed by atoms with Crippen molar-refractivity contribution >= 4 is 28.9 Å². The Labute approximate surface area is 164 Å². The van der Waals surface area contributed by atoms with E-state index in [0.29, 0.717) is 16.9 Å². The fourth-order valence-corrected chi connectivity index (χ4v) is 2.13. The van der Waals surface area contributed by atoms with Crippen LogP contribution < -0.4 is 5.48 Å². The van der Waals surface area contributed by atoms with Crippen LogP contribution in [0.15, 0.2) is 83.3 Å². The number of pyridine rings is 1. The zero-order valence-corrected chi connectivity index (χ0v) is 14.8. The largest absolute Gasteiger partial charge is 0.362 e. The number of azo groups is 1. The van der Waals surface area contributed by atoms with Crippen LogP contribution in [0.2, 0.25) is 0 Å². The monoisotopic (exact) mass is 391 g/mol. The number of benzene rings is 2. The molecule has 0 unspecified atom stereocenters. The van der Waals surface area contributed by atoms with Gasteiger partial charge in [-0.05, 0) is 48.5 Å². The maximum absolute atomic E-state index is 11.9. The number of nitrogens with one attached hydrogen (secondary N) is 1. The smallest absolute Gasteiger partial charge is 0.338 e. The highest BCUT2D eigenvalue weighted by atomic mass is 16.7. The molecule has 0 saturated carbocycles. The highest BCUT2D eigenvalue weighted by molar-refractivity contribution is 5.94. The lowest BCUT2D eigenvalue weighted by atomic mass is 10.2. The predicted molar refractivity (Wildman–Crippen MR) is 102 cm³/mol. The van der Waals surface area contributed by atoms with Gasteiger partial charge in [0.15, 0.2) is 0 Å². The van der Waals surface area contributed by atoms with Crippen molar-refractivity contribution in [2.75, 3.05) is 5.48 Å². The van der Waals surface area contributed by atoms with Gasteiger partial charge in [0, 0.05) is 30.1 Å². The summed E-state index contributed by atoms with van der Waals surface area (Å²) in [5, 5.41) is 18.1. The summed E-state index contributed by atoms with van der Waals surface area (Å²) < 4.78 is 0. The van der Waals surface area contributed by atoms with Crippen LogP contribution in [0.1, 0.15) is 20.7 Å². The van der Waals surface area contributed by atoms with Crippen LogP contribution in [0.3, 0.4) is 0 Å². The SMILES string of the molecule is O=C(N=Nc1ccc(NOC(=O)c2ccc([N+](=O)[O-])cc2)cc1)c1ccncc1. The minimum Gasteiger partial charge on any atom is -0.338 e. The molecule has 1 amide bonds. The van der Waals surface area contributed by atoms with E-state index in [1.807, 2.05) is 0 Å². The average molecular weight is 391 g/mol. The van der Waals surface area contributed by atoms with Crippen molar-refractivity contribution in [1.29, 1.82) is 0 Å². The molecule has 0 aliphatic heterocycles. The van der Waals surface area contributed by atoms with Gasteiger partial charge in [-0.25, -0.2) is 10.3 Å². The van der Waals surface area contributed by atoms with Crippen LogP contribution in [0.25, 0.3) is 0 Å². The van der Waals surface area contributed by atoms with Gasteiger partial charge in [0.2, 0.25) is 0 Å². The molecule has 10 nitrogen and oxygen atoms in total. The molecule has 1 aromatic heterocycles. The third-order valence-electron chi connectivity index (χ3n) is 3.63. The normalized spacial score (nSPS) is 10.5. The van der Waals surface area contributed by atoms with Gasteiger partial charge >= 0.3 is 5.97 Å². The van der Waals surface area contributed by atoms with Crippen molar-refractivity contribution in [1.82, 2.24) is 4.98 Å². The zero-order valence-electron chi connectivity index (χ0n) is 14.8. The number of rotatable bonds is 6. The molecule has 1 N–H and O–H groups in total. The van der Waals surface area contributed by atoms with Gasteiger partial charge in [-0.1, -0.05) is 0 Å². The van der Waals surface area contributed by atoms with E-state index in [-0.39, 0.29) is 11.3 Å². The molecule has 0 fully saturated rings. The molecule has 1 heterocycles. The van der Waals surface area contributed by atoms with Crippen molar-refractivity contribution in [3.8, 4) is 0 Å². The van der Waals surface area contributed by atoms with Gasteiger partial charge in [0.25, 0.3) is 11.6 Å². The second kappa shape index (κ2) is 8.95. The highest BCUT2D eigenvalue weighted by Gasteiger charge is 2.11. The maximum Gasteiger partial charge on any atom is 0.362 e. The number of anilines is 1. The quantitative estimate of drug-likeness (QED) is 0.379. The summed E-state index contributed by atoms with van der Waals surface area (Å²) in [6.45, 7) is 0. The van der Waals surface area contributed by atoms with Crippen LogP contribution >= 0.6 is 0 Å². The fraction of sp³-hybridized carbons (Fsp3) is 0. The molecule has 0 aliphatic rings. The summed E-state index contributed by atoms with van der Waals surface area (Å²) in [4.78, 5) is 42.6. The van der Waals surface area contributed by atoms with E-state index < -0.39 is 16.8 Å². The molecule has 0 aliphatic carbocycles. The van der Waals surface area contributed by atoms with Crippen molar-refractivity contribution in [2.24, 2.45) is 10.2 Å². The van der Waals surface area contributed by atoms with Crippen molar-refractivity contribution in [2.45, 2.75) is 0 Å². The van der Waals surface area contributed by atoms with Gasteiger partial charge in [-0.15, -0.1) is 10.2 Å². The summed E-state index contributed by atoms with van der Waals surface area (Å²) in [6, 6.07) is 14.4. The van der Waals surface area contributed by atoms with Crippen molar-refractivity contribution in [3.63, 3.8) is 0 Å². The topological polar surface area (TPSA) is 136 Å². The Hall–Kier alpha value is -4.47. The summed E-state index contributed by atoms with van der Waals surface area (Å²) in [5.74, 6) is -1.20. The lowest BCUT2D eigenvalue weighted by Gasteiger charge is -2.06. The number of nitro benzene ring substituents is 1. The lowest BCUT2D eigenvalue weighted by Crippen LogP contribution is -2.10. The molecule has 0 atom stereocenters. The zero-order chi connectivity index (χ0) is 20.6. The summed E-state index contributed by atoms with van der Waals surface area (Å²) in [5.41, 5.74) is 3.76. The number of amides is 1. The van der Waals surface area contributed by atoms with E-state index in [4.69, 9.17) is 4.84 Å². The molecule has 10 heteroatoms. The van der Waals surface area contributed by atoms with Gasteiger partial charge < -0.3 is 4.84 Å². The summed E-state index contributed by atoms with van der Waals surface area (Å²) >= 11 is 0. The molecule has 3 aromatic rings. The molecular formula is C19H13N5O5. The Kier molecular flexibility index (Phi) is 5.96. The maximum atomic E-state index is 11.9. The number of aromatic nitrogens is 1. The Bertz CT molecular complexity index is 1050. The number of hydrogen-bond donors (Lipinski definition) is 1. The van der Waals surface area contributed by atoms with Gasteiger partial charge in [-0.2, -0.15) is 0 Å². The van der Waals surface area contributed by atoms with E-state index in [0.717, 1.165) is 0 Å². The average Bonchev–Trinajstić information content (AvgIpc) is 2.77. The van der Waals surface area contributed by atoms with Crippen LogP contribution in [-0.4, -0.2) is 21.8 Å². The Morgan fingerprint density at radius 3 is 2.21 bits per heavy atom. The van der Waals surface area contributed by atoms with Gasteiger partial charge in [0.05, 0.1) is 21.9 Å². The number of carbonyl (C=O) groups is 2. The molecule has 3 rings (SSSR count). The first-order valence-electron chi connectivity index (χ1n) is 8.21. The standard InChI is InChI=1S/C19H13N5O5/c25-18(13-9-11-20-12-10-13)22-21-15-3-5-16(6-4-15)23-29-19(26)14-1-7-17(8-2-14)24(27)28/h1-12,23H. The van der Waals surface area contributed by atoms with Crippen LogP contribution in [0, 0.1) is 10.1 Å². The third kappa shape index (κ3) is 5.26. The Morgan fingerprint density at radius 2 is 1.59 bits per heavy atom. The first-order chi connectivity index (χ1) is 14.0. The minimum atomic E-state index is -0.702. The molecule has 29 heavy (non-hydrogen) atoms. The van der Waals surface area contributed by atoms with E-state index >= 15 is 0 Å². The number of nitro groups is 1. The summed E-state index contributed by atoms with van der Waals surface area (Å²) in [6.07, 6.45) is 2.97.